The Balaban J connectivity index is 1.44. The minimum atomic E-state index is 0.465. The second-order valence-corrected chi connectivity index (χ2v) is 18.3. The van der Waals surface area contributed by atoms with E-state index in [4.69, 9.17) is 0 Å². The first-order valence-corrected chi connectivity index (χ1v) is 17.7. The molecule has 13 unspecified atom stereocenters. The van der Waals surface area contributed by atoms with Crippen LogP contribution >= 0.6 is 0 Å². The van der Waals surface area contributed by atoms with Gasteiger partial charge >= 0.3 is 0 Å². The number of rotatable bonds is 4. The molecule has 220 valence electrons. The van der Waals surface area contributed by atoms with Crippen molar-refractivity contribution in [3.8, 4) is 0 Å². The van der Waals surface area contributed by atoms with E-state index in [1.54, 1.807) is 6.42 Å². The van der Waals surface area contributed by atoms with Crippen LogP contribution in [0.3, 0.4) is 0 Å². The summed E-state index contributed by atoms with van der Waals surface area (Å²) >= 11 is 0. The van der Waals surface area contributed by atoms with Gasteiger partial charge in [-0.25, -0.2) is 0 Å². The second-order valence-electron chi connectivity index (χ2n) is 18.3. The van der Waals surface area contributed by atoms with Crippen LogP contribution in [0.1, 0.15) is 153 Å². The first-order valence-electron chi connectivity index (χ1n) is 17.7. The van der Waals surface area contributed by atoms with E-state index in [1.807, 2.05) is 0 Å². The molecule has 0 aromatic rings. The molecule has 0 heterocycles. The quantitative estimate of drug-likeness (QED) is 0.343. The van der Waals surface area contributed by atoms with E-state index in [2.05, 4.69) is 76.2 Å². The summed E-state index contributed by atoms with van der Waals surface area (Å²) in [6.45, 7) is 29.6. The highest BCUT2D eigenvalue weighted by molar-refractivity contribution is 5.17. The van der Waals surface area contributed by atoms with Crippen LogP contribution in [0.5, 0.6) is 0 Å². The van der Waals surface area contributed by atoms with Crippen molar-refractivity contribution in [2.75, 3.05) is 0 Å². The molecular formula is C38H68. The van der Waals surface area contributed by atoms with Gasteiger partial charge in [0.2, 0.25) is 0 Å². The topological polar surface area (TPSA) is 0 Å². The lowest BCUT2D eigenvalue weighted by molar-refractivity contribution is -0.247. The van der Waals surface area contributed by atoms with Crippen LogP contribution in [0.25, 0.3) is 0 Å². The molecule has 5 rings (SSSR count). The third-order valence-electron chi connectivity index (χ3n) is 15.9. The van der Waals surface area contributed by atoms with Gasteiger partial charge in [-0.05, 0) is 138 Å². The standard InChI is InChI=1S/C38H68/c1-24(2)32-26(4)21-37(10)23-36(9)22-31-30(17-20-35(8)18-13-12-14-19-35)16-15-25(3)33(31)27(5)34(36)29(7)38(37,11)28(32)6/h24-34H,12-23H2,1-11H3. The molecule has 0 heteroatoms. The van der Waals surface area contributed by atoms with E-state index < -0.39 is 0 Å². The predicted molar refractivity (Wildman–Crippen MR) is 166 cm³/mol. The Kier molecular flexibility index (Phi) is 7.82. The van der Waals surface area contributed by atoms with Crippen LogP contribution in [0, 0.1) is 86.8 Å². The van der Waals surface area contributed by atoms with Crippen molar-refractivity contribution in [2.45, 2.75) is 153 Å². The van der Waals surface area contributed by atoms with Crippen LogP contribution < -0.4 is 0 Å². The lowest BCUT2D eigenvalue weighted by atomic mass is 9.32. The molecule has 5 saturated carbocycles. The Morgan fingerprint density at radius 3 is 2.05 bits per heavy atom. The smallest absolute Gasteiger partial charge is 0.0215 e. The molecule has 0 amide bonds. The predicted octanol–water partition coefficient (Wildman–Crippen LogP) is 11.7. The summed E-state index contributed by atoms with van der Waals surface area (Å²) in [6, 6.07) is 0. The summed E-state index contributed by atoms with van der Waals surface area (Å²) < 4.78 is 0. The lowest BCUT2D eigenvalue weighted by Crippen LogP contribution is -2.67. The fourth-order valence-electron chi connectivity index (χ4n) is 14.4. The maximum Gasteiger partial charge on any atom is -0.0215 e. The maximum absolute atomic E-state index is 2.81. The van der Waals surface area contributed by atoms with Crippen molar-refractivity contribution < 1.29 is 0 Å². The summed E-state index contributed by atoms with van der Waals surface area (Å²) in [4.78, 5) is 0. The number of fused-ring (bicyclic) bond motifs is 3. The fourth-order valence-corrected chi connectivity index (χ4v) is 14.4. The zero-order chi connectivity index (χ0) is 27.8. The monoisotopic (exact) mass is 525 g/mol. The van der Waals surface area contributed by atoms with Gasteiger partial charge in [-0.2, -0.15) is 0 Å². The Labute approximate surface area is 239 Å². The van der Waals surface area contributed by atoms with Gasteiger partial charge < -0.3 is 0 Å². The third-order valence-corrected chi connectivity index (χ3v) is 15.9. The van der Waals surface area contributed by atoms with Crippen molar-refractivity contribution >= 4 is 0 Å². The molecule has 5 aliphatic rings. The maximum atomic E-state index is 2.81. The van der Waals surface area contributed by atoms with E-state index in [1.165, 1.54) is 70.6 Å². The fraction of sp³-hybridized carbons (Fsp3) is 1.00. The Bertz CT molecular complexity index is 833. The van der Waals surface area contributed by atoms with Crippen LogP contribution in [-0.4, -0.2) is 0 Å². The van der Waals surface area contributed by atoms with E-state index in [0.717, 1.165) is 65.1 Å². The van der Waals surface area contributed by atoms with Crippen molar-refractivity contribution in [2.24, 2.45) is 86.8 Å². The largest absolute Gasteiger partial charge is 0.0625 e. The van der Waals surface area contributed by atoms with Crippen LogP contribution in [0.2, 0.25) is 0 Å². The minimum absolute atomic E-state index is 0.465. The van der Waals surface area contributed by atoms with Crippen LogP contribution in [-0.2, 0) is 0 Å². The molecule has 38 heavy (non-hydrogen) atoms. The van der Waals surface area contributed by atoms with Gasteiger partial charge in [-0.3, -0.25) is 0 Å². The van der Waals surface area contributed by atoms with E-state index in [9.17, 15) is 0 Å². The number of hydrogen-bond donors (Lipinski definition) is 0. The van der Waals surface area contributed by atoms with Gasteiger partial charge in [0, 0.05) is 0 Å². The van der Waals surface area contributed by atoms with Gasteiger partial charge in [-0.1, -0.05) is 102 Å². The molecule has 5 aliphatic carbocycles. The molecule has 13 atom stereocenters. The van der Waals surface area contributed by atoms with E-state index in [-0.39, 0.29) is 0 Å². The molecule has 0 aliphatic heterocycles. The zero-order valence-electron chi connectivity index (χ0n) is 27.8. The van der Waals surface area contributed by atoms with Gasteiger partial charge in [0.25, 0.3) is 0 Å². The molecule has 5 fully saturated rings. The Morgan fingerprint density at radius 2 is 1.42 bits per heavy atom. The normalized spacial score (nSPS) is 54.6. The van der Waals surface area contributed by atoms with Gasteiger partial charge in [0.1, 0.15) is 0 Å². The molecule has 0 radical (unpaired) electrons. The SMILES string of the molecule is CC(C)C1C(C)CC2(C)CC3(C)CC4C(CCC5(C)CCCCC5)CCC(C)C4C(C)C3C(C)C2(C)C1C. The molecule has 0 aromatic heterocycles. The van der Waals surface area contributed by atoms with Crippen molar-refractivity contribution in [1.29, 1.82) is 0 Å². The molecule has 0 saturated heterocycles. The Morgan fingerprint density at radius 1 is 0.763 bits per heavy atom. The van der Waals surface area contributed by atoms with E-state index in [0.29, 0.717) is 21.7 Å². The molecule has 0 nitrogen and oxygen atoms in total. The second kappa shape index (κ2) is 10.1. The number of hydrogen-bond acceptors (Lipinski definition) is 0. The highest BCUT2D eigenvalue weighted by Crippen LogP contribution is 2.75. The van der Waals surface area contributed by atoms with Crippen LogP contribution in [0.4, 0.5) is 0 Å². The molecule has 0 aromatic carbocycles. The van der Waals surface area contributed by atoms with Crippen molar-refractivity contribution in [1.82, 2.24) is 0 Å². The highest BCUT2D eigenvalue weighted by Gasteiger charge is 2.68. The van der Waals surface area contributed by atoms with E-state index >= 15 is 0 Å². The van der Waals surface area contributed by atoms with Gasteiger partial charge in [-0.15, -0.1) is 0 Å². The lowest BCUT2D eigenvalue weighted by Gasteiger charge is -2.73. The highest BCUT2D eigenvalue weighted by atomic mass is 14.7. The Hall–Kier alpha value is 0. The summed E-state index contributed by atoms with van der Waals surface area (Å²) in [5, 5.41) is 0. The first-order chi connectivity index (χ1) is 17.7. The molecule has 0 spiro atoms. The summed E-state index contributed by atoms with van der Waals surface area (Å²) in [5.41, 5.74) is 2.13. The zero-order valence-corrected chi connectivity index (χ0v) is 27.8. The molecule has 0 N–H and O–H groups in total. The summed E-state index contributed by atoms with van der Waals surface area (Å²) in [6.07, 6.45) is 18.1. The van der Waals surface area contributed by atoms with Gasteiger partial charge in [0.15, 0.2) is 0 Å². The third kappa shape index (κ3) is 4.41. The van der Waals surface area contributed by atoms with Gasteiger partial charge in [0.05, 0.1) is 0 Å². The molecular weight excluding hydrogens is 456 g/mol. The van der Waals surface area contributed by atoms with Crippen LogP contribution in [0.15, 0.2) is 0 Å². The average molecular weight is 525 g/mol. The minimum Gasteiger partial charge on any atom is -0.0625 e. The van der Waals surface area contributed by atoms with Crippen molar-refractivity contribution in [3.05, 3.63) is 0 Å². The van der Waals surface area contributed by atoms with Crippen molar-refractivity contribution in [3.63, 3.8) is 0 Å². The summed E-state index contributed by atoms with van der Waals surface area (Å²) in [7, 11) is 0. The summed E-state index contributed by atoms with van der Waals surface area (Å²) in [5.74, 6) is 9.90. The average Bonchev–Trinajstić information content (AvgIpc) is 2.81. The molecule has 0 bridgehead atoms. The first kappa shape index (κ1) is 29.5.